The van der Waals surface area contributed by atoms with Crippen LogP contribution in [0.4, 0.5) is 22.0 Å². The summed E-state index contributed by atoms with van der Waals surface area (Å²) in [6.07, 6.45) is -6.01. The van der Waals surface area contributed by atoms with Crippen molar-refractivity contribution in [3.05, 3.63) is 0 Å². The minimum Gasteiger partial charge on any atom is -0.459 e. The van der Waals surface area contributed by atoms with Gasteiger partial charge >= 0.3 is 18.1 Å². The molecule has 0 amide bonds. The molecule has 264 valence electrons. The minimum atomic E-state index is -6.01. The predicted octanol–water partition coefficient (Wildman–Crippen LogP) is 1.54. The van der Waals surface area contributed by atoms with E-state index in [1.807, 2.05) is 0 Å². The number of esters is 1. The second-order valence-electron chi connectivity index (χ2n) is 8.32. The first kappa shape index (κ1) is 42.7. The number of rotatable bonds is 34. The second-order valence-corrected chi connectivity index (χ2v) is 8.32. The van der Waals surface area contributed by atoms with Crippen molar-refractivity contribution in [3.63, 3.8) is 0 Å². The number of halogens is 5. The van der Waals surface area contributed by atoms with Gasteiger partial charge in [-0.1, -0.05) is 0 Å². The molecule has 0 saturated carbocycles. The van der Waals surface area contributed by atoms with E-state index in [0.717, 1.165) is 0 Å². The van der Waals surface area contributed by atoms with Crippen LogP contribution >= 0.6 is 0 Å². The van der Waals surface area contributed by atoms with Gasteiger partial charge in [0.2, 0.25) is 0 Å². The summed E-state index contributed by atoms with van der Waals surface area (Å²) in [5.41, 5.74) is 0. The number of carbonyl (C=O) groups excluding carboxylic acids is 1. The van der Waals surface area contributed by atoms with E-state index in [1.54, 1.807) is 7.11 Å². The van der Waals surface area contributed by atoms with Crippen molar-refractivity contribution in [3.8, 4) is 0 Å². The fourth-order valence-electron chi connectivity index (χ4n) is 2.62. The molecule has 0 spiro atoms. The predicted molar refractivity (Wildman–Crippen MR) is 142 cm³/mol. The van der Waals surface area contributed by atoms with E-state index in [9.17, 15) is 26.7 Å². The molecule has 0 heterocycles. The lowest BCUT2D eigenvalue weighted by Crippen LogP contribution is -2.45. The first-order valence-corrected chi connectivity index (χ1v) is 14.1. The molecule has 0 aromatic heterocycles. The van der Waals surface area contributed by atoms with E-state index in [2.05, 4.69) is 4.74 Å². The highest BCUT2D eigenvalue weighted by Crippen LogP contribution is 2.36. The van der Waals surface area contributed by atoms with Crippen LogP contribution < -0.4 is 0 Å². The Morgan fingerprint density at radius 3 is 0.795 bits per heavy atom. The van der Waals surface area contributed by atoms with Gasteiger partial charge in [-0.15, -0.1) is 0 Å². The van der Waals surface area contributed by atoms with E-state index in [1.165, 1.54) is 0 Å². The normalized spacial score (nSPS) is 12.2. The van der Waals surface area contributed by atoms with Crippen LogP contribution in [0.3, 0.4) is 0 Å². The SMILES string of the molecule is COCCOCCOCCOCCOCCOCCOCCOCCOCCOCCOCCOC(=O)C(F)(F)C(F)(F)F. The van der Waals surface area contributed by atoms with Crippen LogP contribution in [-0.4, -0.2) is 171 Å². The largest absolute Gasteiger partial charge is 0.465 e. The average Bonchev–Trinajstić information content (AvgIpc) is 2.98. The van der Waals surface area contributed by atoms with Crippen molar-refractivity contribution in [2.24, 2.45) is 0 Å². The Morgan fingerprint density at radius 2 is 0.591 bits per heavy atom. The summed E-state index contributed by atoms with van der Waals surface area (Å²) < 4.78 is 123. The van der Waals surface area contributed by atoms with Gasteiger partial charge in [-0.2, -0.15) is 22.0 Å². The fraction of sp³-hybridized carbons (Fsp3) is 0.962. The van der Waals surface area contributed by atoms with E-state index >= 15 is 0 Å². The maximum atomic E-state index is 12.7. The van der Waals surface area contributed by atoms with Gasteiger partial charge in [0.05, 0.1) is 139 Å². The van der Waals surface area contributed by atoms with Gasteiger partial charge in [0.15, 0.2) is 0 Å². The zero-order valence-corrected chi connectivity index (χ0v) is 25.3. The number of carbonyl (C=O) groups is 1. The highest BCUT2D eigenvalue weighted by Gasteiger charge is 2.64. The van der Waals surface area contributed by atoms with Gasteiger partial charge in [0.25, 0.3) is 0 Å². The lowest BCUT2D eigenvalue weighted by atomic mass is 10.3. The molecule has 0 rings (SSSR count). The molecule has 0 aliphatic carbocycles. The van der Waals surface area contributed by atoms with Crippen molar-refractivity contribution >= 4 is 5.97 Å². The molecule has 0 saturated heterocycles. The summed E-state index contributed by atoms with van der Waals surface area (Å²) in [7, 11) is 1.62. The van der Waals surface area contributed by atoms with E-state index in [4.69, 9.17) is 52.1 Å². The third-order valence-corrected chi connectivity index (χ3v) is 4.85. The minimum absolute atomic E-state index is 0.0234. The Bertz CT molecular complexity index is 634. The van der Waals surface area contributed by atoms with Crippen molar-refractivity contribution in [1.29, 1.82) is 0 Å². The molecule has 0 fully saturated rings. The van der Waals surface area contributed by atoms with Gasteiger partial charge in [0, 0.05) is 7.11 Å². The smallest absolute Gasteiger partial charge is 0.459 e. The van der Waals surface area contributed by atoms with Crippen molar-refractivity contribution in [1.82, 2.24) is 0 Å². The first-order chi connectivity index (χ1) is 21.2. The summed E-state index contributed by atoms with van der Waals surface area (Å²) in [6.45, 7) is 7.01. The van der Waals surface area contributed by atoms with Crippen molar-refractivity contribution < 1.29 is 83.6 Å². The van der Waals surface area contributed by atoms with Crippen LogP contribution in [0.1, 0.15) is 0 Å². The Balaban J connectivity index is 3.17. The van der Waals surface area contributed by atoms with E-state index < -0.39 is 24.7 Å². The zero-order valence-electron chi connectivity index (χ0n) is 25.3. The molecule has 0 aliphatic rings. The summed E-state index contributed by atoms with van der Waals surface area (Å²) in [5.74, 6) is -8.23. The number of hydrogen-bond acceptors (Lipinski definition) is 13. The molecule has 13 nitrogen and oxygen atoms in total. The summed E-state index contributed by atoms with van der Waals surface area (Å²) in [6, 6.07) is 0. The topological polar surface area (TPSA) is 128 Å². The Kier molecular flexibility index (Phi) is 29.4. The van der Waals surface area contributed by atoms with Crippen LogP contribution in [0.25, 0.3) is 0 Å². The van der Waals surface area contributed by atoms with Crippen LogP contribution in [0.2, 0.25) is 0 Å². The Morgan fingerprint density at radius 1 is 0.386 bits per heavy atom. The van der Waals surface area contributed by atoms with Gasteiger partial charge in [-0.05, 0) is 0 Å². The van der Waals surface area contributed by atoms with Gasteiger partial charge in [-0.25, -0.2) is 4.79 Å². The van der Waals surface area contributed by atoms with Crippen LogP contribution in [-0.2, 0) is 61.6 Å². The third-order valence-electron chi connectivity index (χ3n) is 4.85. The lowest BCUT2D eigenvalue weighted by Gasteiger charge is -2.17. The van der Waals surface area contributed by atoms with Crippen LogP contribution in [0.5, 0.6) is 0 Å². The zero-order chi connectivity index (χ0) is 32.6. The first-order valence-electron chi connectivity index (χ1n) is 14.1. The van der Waals surface area contributed by atoms with Crippen molar-refractivity contribution in [2.75, 3.05) is 152 Å². The number of hydrogen-bond donors (Lipinski definition) is 0. The van der Waals surface area contributed by atoms with E-state index in [-0.39, 0.29) is 26.4 Å². The monoisotopic (exact) mass is 662 g/mol. The molecule has 0 aliphatic heterocycles. The number of alkyl halides is 5. The number of methoxy groups -OCH3 is 1. The van der Waals surface area contributed by atoms with E-state index in [0.29, 0.717) is 112 Å². The average molecular weight is 663 g/mol. The Hall–Kier alpha value is -1.32. The maximum absolute atomic E-state index is 12.7. The summed E-state index contributed by atoms with van der Waals surface area (Å²) in [4.78, 5) is 10.8. The highest BCUT2D eigenvalue weighted by atomic mass is 19.4. The molecule has 0 N–H and O–H groups in total. The third kappa shape index (κ3) is 27.0. The molecule has 0 radical (unpaired) electrons. The summed E-state index contributed by atoms with van der Waals surface area (Å²) in [5, 5.41) is 0. The van der Waals surface area contributed by atoms with Crippen LogP contribution in [0, 0.1) is 0 Å². The summed E-state index contributed by atoms with van der Waals surface area (Å²) >= 11 is 0. The molecule has 0 bridgehead atoms. The molecule has 0 aromatic rings. The standard InChI is InChI=1S/C26H47F5O13/c1-33-2-3-34-4-5-35-6-7-36-8-9-37-10-11-38-12-13-39-14-15-40-16-17-41-18-19-42-20-21-43-22-23-44-24(32)25(27,28)26(29,30)31/h2-23H2,1H3. The Labute approximate surface area is 254 Å². The number of ether oxygens (including phenoxy) is 12. The molecule has 44 heavy (non-hydrogen) atoms. The molecule has 0 atom stereocenters. The molecule has 0 unspecified atom stereocenters. The van der Waals surface area contributed by atoms with Gasteiger partial charge in [0.1, 0.15) is 6.61 Å². The quantitative estimate of drug-likeness (QED) is 0.0562. The lowest BCUT2D eigenvalue weighted by molar-refractivity contribution is -0.280. The fourth-order valence-corrected chi connectivity index (χ4v) is 2.62. The molecular weight excluding hydrogens is 615 g/mol. The van der Waals surface area contributed by atoms with Gasteiger partial charge < -0.3 is 56.8 Å². The van der Waals surface area contributed by atoms with Crippen LogP contribution in [0.15, 0.2) is 0 Å². The molecular formula is C26H47F5O13. The van der Waals surface area contributed by atoms with Gasteiger partial charge in [-0.3, -0.25) is 0 Å². The second kappa shape index (κ2) is 30.3. The molecule has 18 heteroatoms. The van der Waals surface area contributed by atoms with Crippen molar-refractivity contribution in [2.45, 2.75) is 12.1 Å². The molecule has 0 aromatic carbocycles. The highest BCUT2D eigenvalue weighted by molar-refractivity contribution is 5.78. The maximum Gasteiger partial charge on any atom is 0.465 e.